The molecule has 7 nitrogen and oxygen atoms in total. The van der Waals surface area contributed by atoms with Crippen LogP contribution in [-0.2, 0) is 27.2 Å². The maximum Gasteiger partial charge on any atom is 0.332 e. The van der Waals surface area contributed by atoms with Gasteiger partial charge in [0.1, 0.15) is 30.2 Å². The van der Waals surface area contributed by atoms with Crippen LogP contribution in [0.2, 0.25) is 0 Å². The van der Waals surface area contributed by atoms with E-state index in [2.05, 4.69) is 5.32 Å². The first-order chi connectivity index (χ1) is 11.0. The fourth-order valence-corrected chi connectivity index (χ4v) is 2.98. The molecule has 0 saturated carbocycles. The lowest BCUT2D eigenvalue weighted by molar-refractivity contribution is -0.926. The Morgan fingerprint density at radius 2 is 1.87 bits per heavy atom. The van der Waals surface area contributed by atoms with E-state index in [0.29, 0.717) is 24.6 Å². The van der Waals surface area contributed by atoms with Gasteiger partial charge >= 0.3 is 5.69 Å². The number of nitrogens with one attached hydrogen (secondary N) is 2. The SMILES string of the molecule is COc1ccc(C[NH+]2CNc3c(c(=O)n(C)c(=O)n3C)C2)cc1. The summed E-state index contributed by atoms with van der Waals surface area (Å²) < 4.78 is 7.83. The van der Waals surface area contributed by atoms with Crippen LogP contribution in [0.25, 0.3) is 0 Å². The van der Waals surface area contributed by atoms with E-state index in [4.69, 9.17) is 4.74 Å². The molecule has 2 heterocycles. The Bertz CT molecular complexity index is 836. The number of anilines is 1. The number of aromatic nitrogens is 2. The maximum atomic E-state index is 12.3. The molecule has 1 aromatic carbocycles. The van der Waals surface area contributed by atoms with Crippen LogP contribution in [0.15, 0.2) is 33.9 Å². The Balaban J connectivity index is 1.85. The number of hydrogen-bond acceptors (Lipinski definition) is 4. The average molecular weight is 317 g/mol. The minimum Gasteiger partial charge on any atom is -0.497 e. The van der Waals surface area contributed by atoms with Gasteiger partial charge in [-0.3, -0.25) is 13.9 Å². The van der Waals surface area contributed by atoms with E-state index < -0.39 is 0 Å². The zero-order valence-electron chi connectivity index (χ0n) is 13.5. The van der Waals surface area contributed by atoms with Gasteiger partial charge < -0.3 is 15.0 Å². The summed E-state index contributed by atoms with van der Waals surface area (Å²) in [5.74, 6) is 1.46. The van der Waals surface area contributed by atoms with Gasteiger partial charge in [-0.15, -0.1) is 0 Å². The summed E-state index contributed by atoms with van der Waals surface area (Å²) in [7, 11) is 4.84. The van der Waals surface area contributed by atoms with E-state index in [1.165, 1.54) is 22.1 Å². The predicted octanol–water partition coefficient (Wildman–Crippen LogP) is -0.939. The molecule has 2 aromatic rings. The lowest BCUT2D eigenvalue weighted by atomic mass is 10.1. The maximum absolute atomic E-state index is 12.3. The van der Waals surface area contributed by atoms with Crippen LogP contribution in [0.1, 0.15) is 11.1 Å². The van der Waals surface area contributed by atoms with Gasteiger partial charge in [0, 0.05) is 19.7 Å². The molecule has 0 amide bonds. The molecular weight excluding hydrogens is 296 g/mol. The van der Waals surface area contributed by atoms with Gasteiger partial charge in [0.05, 0.1) is 7.11 Å². The topological polar surface area (TPSA) is 69.7 Å². The lowest BCUT2D eigenvalue weighted by Crippen LogP contribution is -3.11. The minimum absolute atomic E-state index is 0.220. The quantitative estimate of drug-likeness (QED) is 0.767. The Kier molecular flexibility index (Phi) is 3.96. The van der Waals surface area contributed by atoms with Crippen molar-refractivity contribution in [3.8, 4) is 5.75 Å². The van der Waals surface area contributed by atoms with Gasteiger partial charge in [-0.05, 0) is 24.3 Å². The van der Waals surface area contributed by atoms with Crippen molar-refractivity contribution in [2.45, 2.75) is 13.1 Å². The summed E-state index contributed by atoms with van der Waals surface area (Å²) in [5.41, 5.74) is 1.31. The standard InChI is InChI=1S/C16H20N4O3/c1-18-14-13(15(21)19(2)16(18)22)9-20(10-17-14)8-11-4-6-12(23-3)7-5-11/h4-7,17H,8-10H2,1-3H3/p+1. The summed E-state index contributed by atoms with van der Waals surface area (Å²) in [6.07, 6.45) is 0. The summed E-state index contributed by atoms with van der Waals surface area (Å²) in [5, 5.41) is 3.22. The number of nitrogens with zero attached hydrogens (tertiary/aromatic N) is 2. The van der Waals surface area contributed by atoms with Gasteiger partial charge in [0.2, 0.25) is 0 Å². The fourth-order valence-electron chi connectivity index (χ4n) is 2.98. The first kappa shape index (κ1) is 15.4. The Hall–Kier alpha value is -2.54. The molecule has 0 aliphatic carbocycles. The molecule has 1 unspecified atom stereocenters. The number of rotatable bonds is 3. The van der Waals surface area contributed by atoms with Crippen LogP contribution in [0.5, 0.6) is 5.75 Å². The summed E-state index contributed by atoms with van der Waals surface area (Å²) >= 11 is 0. The monoisotopic (exact) mass is 317 g/mol. The molecule has 1 aliphatic heterocycles. The molecule has 2 N–H and O–H groups in total. The van der Waals surface area contributed by atoms with Crippen LogP contribution < -0.4 is 26.2 Å². The zero-order valence-corrected chi connectivity index (χ0v) is 13.5. The van der Waals surface area contributed by atoms with E-state index in [-0.39, 0.29) is 11.2 Å². The number of methoxy groups -OCH3 is 1. The first-order valence-electron chi connectivity index (χ1n) is 7.50. The number of ether oxygens (including phenoxy) is 1. The molecule has 0 fully saturated rings. The second kappa shape index (κ2) is 5.92. The van der Waals surface area contributed by atoms with Crippen LogP contribution >= 0.6 is 0 Å². The van der Waals surface area contributed by atoms with Crippen LogP contribution in [0.4, 0.5) is 5.82 Å². The average Bonchev–Trinajstić information content (AvgIpc) is 2.58. The Morgan fingerprint density at radius 1 is 1.17 bits per heavy atom. The number of benzene rings is 1. The number of hydrogen-bond donors (Lipinski definition) is 2. The molecule has 0 spiro atoms. The number of fused-ring (bicyclic) bond motifs is 1. The lowest BCUT2D eigenvalue weighted by Gasteiger charge is -2.28. The summed E-state index contributed by atoms with van der Waals surface area (Å²) in [6, 6.07) is 7.92. The molecule has 0 bridgehead atoms. The third kappa shape index (κ3) is 2.75. The van der Waals surface area contributed by atoms with Crippen LogP contribution in [-0.4, -0.2) is 22.9 Å². The van der Waals surface area contributed by atoms with E-state index in [0.717, 1.165) is 16.9 Å². The summed E-state index contributed by atoms with van der Waals surface area (Å²) in [4.78, 5) is 25.5. The molecule has 7 heteroatoms. The van der Waals surface area contributed by atoms with Crippen molar-refractivity contribution in [3.05, 3.63) is 56.2 Å². The van der Waals surface area contributed by atoms with Crippen molar-refractivity contribution in [1.82, 2.24) is 9.13 Å². The Morgan fingerprint density at radius 3 is 2.52 bits per heavy atom. The first-order valence-corrected chi connectivity index (χ1v) is 7.50. The van der Waals surface area contributed by atoms with Crippen molar-refractivity contribution in [3.63, 3.8) is 0 Å². The molecule has 1 aromatic heterocycles. The molecular formula is C16H21N4O3+. The van der Waals surface area contributed by atoms with Crippen molar-refractivity contribution in [1.29, 1.82) is 0 Å². The van der Waals surface area contributed by atoms with Crippen LogP contribution in [0, 0.1) is 0 Å². The zero-order chi connectivity index (χ0) is 16.6. The number of quaternary nitrogens is 1. The van der Waals surface area contributed by atoms with E-state index >= 15 is 0 Å². The molecule has 1 atom stereocenters. The molecule has 0 radical (unpaired) electrons. The highest BCUT2D eigenvalue weighted by molar-refractivity contribution is 5.44. The third-order valence-electron chi connectivity index (χ3n) is 4.30. The highest BCUT2D eigenvalue weighted by Gasteiger charge is 2.25. The second-order valence-electron chi connectivity index (χ2n) is 5.84. The van der Waals surface area contributed by atoms with E-state index in [1.54, 1.807) is 14.2 Å². The van der Waals surface area contributed by atoms with Crippen LogP contribution in [0.3, 0.4) is 0 Å². The third-order valence-corrected chi connectivity index (χ3v) is 4.30. The van der Waals surface area contributed by atoms with Gasteiger partial charge in [0.25, 0.3) is 5.56 Å². The second-order valence-corrected chi connectivity index (χ2v) is 5.84. The van der Waals surface area contributed by atoms with E-state index in [1.807, 2.05) is 24.3 Å². The fraction of sp³-hybridized carbons (Fsp3) is 0.375. The highest BCUT2D eigenvalue weighted by atomic mass is 16.5. The Labute approximate surface area is 133 Å². The van der Waals surface area contributed by atoms with Crippen molar-refractivity contribution < 1.29 is 9.64 Å². The smallest absolute Gasteiger partial charge is 0.332 e. The molecule has 23 heavy (non-hydrogen) atoms. The minimum atomic E-state index is -0.306. The summed E-state index contributed by atoms with van der Waals surface area (Å²) in [6.45, 7) is 2.05. The van der Waals surface area contributed by atoms with Gasteiger partial charge in [-0.25, -0.2) is 4.79 Å². The molecule has 1 aliphatic rings. The normalized spacial score (nSPS) is 16.6. The van der Waals surface area contributed by atoms with E-state index in [9.17, 15) is 9.59 Å². The van der Waals surface area contributed by atoms with Gasteiger partial charge in [-0.2, -0.15) is 0 Å². The molecule has 122 valence electrons. The van der Waals surface area contributed by atoms with Crippen molar-refractivity contribution in [2.24, 2.45) is 14.1 Å². The van der Waals surface area contributed by atoms with Crippen molar-refractivity contribution in [2.75, 3.05) is 19.1 Å². The largest absolute Gasteiger partial charge is 0.497 e. The van der Waals surface area contributed by atoms with Gasteiger partial charge in [0.15, 0.2) is 6.67 Å². The van der Waals surface area contributed by atoms with Crippen molar-refractivity contribution >= 4 is 5.82 Å². The predicted molar refractivity (Wildman–Crippen MR) is 86.8 cm³/mol. The molecule has 0 saturated heterocycles. The highest BCUT2D eigenvalue weighted by Crippen LogP contribution is 2.12. The van der Waals surface area contributed by atoms with Gasteiger partial charge in [-0.1, -0.05) is 0 Å². The molecule has 3 rings (SSSR count).